The Hall–Kier alpha value is -3.02. The van der Waals surface area contributed by atoms with Crippen molar-refractivity contribution in [1.82, 2.24) is 0 Å². The lowest BCUT2D eigenvalue weighted by Gasteiger charge is -2.42. The zero-order chi connectivity index (χ0) is 51.0. The summed E-state index contributed by atoms with van der Waals surface area (Å²) in [7, 11) is 0. The van der Waals surface area contributed by atoms with Crippen LogP contribution >= 0.6 is 0 Å². The fourth-order valence-electron chi connectivity index (χ4n) is 7.82. The molecule has 0 radical (unpaired) electrons. The molecule has 0 amide bonds. The van der Waals surface area contributed by atoms with Crippen LogP contribution in [-0.2, 0) is 38.0 Å². The maximum atomic E-state index is 13.0. The molecule has 4 unspecified atom stereocenters. The molecule has 0 aromatic carbocycles. The fourth-order valence-corrected chi connectivity index (χ4v) is 7.82. The molecule has 15 nitrogen and oxygen atoms in total. The van der Waals surface area contributed by atoms with Crippen molar-refractivity contribution in [2.75, 3.05) is 26.4 Å². The lowest BCUT2D eigenvalue weighted by molar-refractivity contribution is -0.332. The SMILES string of the molecule is CCCCC/C=C/C/C=C/C/C=C/C/C=C/CCCCCC(=O)OC[C@@H](CO[C@@H]1O[C@H](CO[C@@H]2O[C@H](CO)[C@H](O)C(O)C2O)[C@H](O)C(O)C1O)OC(=O)CCCCCCCC=C=CCCCCCCC. The number of hydrogen-bond donors (Lipinski definition) is 7. The number of rotatable bonds is 40. The molecule has 0 aromatic heterocycles. The summed E-state index contributed by atoms with van der Waals surface area (Å²) in [6.07, 6.45) is 28.8. The second-order valence-corrected chi connectivity index (χ2v) is 18.4. The van der Waals surface area contributed by atoms with Crippen LogP contribution in [0.1, 0.15) is 174 Å². The van der Waals surface area contributed by atoms with Crippen molar-refractivity contribution in [3.8, 4) is 0 Å². The standard InChI is InChI=1S/C55H92O15/c1-3-5-7-9-11-13-15-17-19-20-21-22-24-25-27-29-31-33-35-37-46(57)65-40-43(68-47(58)38-36-34-32-30-28-26-23-18-16-14-12-10-8-6-4-2)41-66-54-53(64)51(62)49(60)45(70-54)42-67-55-52(63)50(61)48(59)44(39-56)69-55/h11,13,16-17,19,21-23,25,27,43-45,48-56,59-64H,3-10,12,14-15,20,24,26,28-42H2,1-2H3/b13-11+,19-17+,22-21+,27-25+/t18?,43-,44+,45+,48-,49-,50?,51?,52?,53?,54+,55+/m0/s1. The van der Waals surface area contributed by atoms with Crippen molar-refractivity contribution in [1.29, 1.82) is 0 Å². The molecule has 70 heavy (non-hydrogen) atoms. The largest absolute Gasteiger partial charge is 0.462 e. The van der Waals surface area contributed by atoms with Gasteiger partial charge in [-0.15, -0.1) is 5.73 Å². The van der Waals surface area contributed by atoms with Gasteiger partial charge in [-0.3, -0.25) is 9.59 Å². The number of carbonyl (C=O) groups is 2. The van der Waals surface area contributed by atoms with Crippen molar-refractivity contribution in [3.63, 3.8) is 0 Å². The summed E-state index contributed by atoms with van der Waals surface area (Å²) in [5, 5.41) is 72.1. The number of esters is 2. The molecule has 7 N–H and O–H groups in total. The molecule has 2 aliphatic rings. The number of aliphatic hydroxyl groups excluding tert-OH is 7. The molecule has 402 valence electrons. The van der Waals surface area contributed by atoms with Crippen LogP contribution < -0.4 is 0 Å². The first kappa shape index (κ1) is 63.1. The van der Waals surface area contributed by atoms with Crippen LogP contribution in [0.4, 0.5) is 0 Å². The fraction of sp³-hybridized carbons (Fsp3) is 0.764. The summed E-state index contributed by atoms with van der Waals surface area (Å²) < 4.78 is 33.5. The van der Waals surface area contributed by atoms with Gasteiger partial charge in [-0.25, -0.2) is 0 Å². The van der Waals surface area contributed by atoms with Gasteiger partial charge in [-0.1, -0.05) is 127 Å². The van der Waals surface area contributed by atoms with E-state index in [0.29, 0.717) is 12.8 Å². The number of allylic oxidation sites excluding steroid dienone is 9. The van der Waals surface area contributed by atoms with E-state index in [1.165, 1.54) is 51.4 Å². The first-order chi connectivity index (χ1) is 34.0. The van der Waals surface area contributed by atoms with E-state index in [0.717, 1.165) is 83.5 Å². The Labute approximate surface area is 419 Å². The molecule has 0 spiro atoms. The maximum absolute atomic E-state index is 13.0. The van der Waals surface area contributed by atoms with Crippen molar-refractivity contribution in [2.45, 2.75) is 242 Å². The molecule has 2 heterocycles. The lowest BCUT2D eigenvalue weighted by atomic mass is 9.98. The Morgan fingerprint density at radius 1 is 0.500 bits per heavy atom. The van der Waals surface area contributed by atoms with E-state index in [1.807, 2.05) is 0 Å². The van der Waals surface area contributed by atoms with Gasteiger partial charge >= 0.3 is 11.9 Å². The second-order valence-electron chi connectivity index (χ2n) is 18.4. The Bertz CT molecular complexity index is 1510. The first-order valence-electron chi connectivity index (χ1n) is 26.6. The summed E-state index contributed by atoms with van der Waals surface area (Å²) >= 11 is 0. The number of ether oxygens (including phenoxy) is 6. The van der Waals surface area contributed by atoms with Crippen molar-refractivity contribution in [2.24, 2.45) is 0 Å². The normalized spacial score (nSPS) is 25.5. The van der Waals surface area contributed by atoms with E-state index in [9.17, 15) is 45.3 Å². The van der Waals surface area contributed by atoms with Gasteiger partial charge in [0.25, 0.3) is 0 Å². The summed E-state index contributed by atoms with van der Waals surface area (Å²) in [4.78, 5) is 25.8. The van der Waals surface area contributed by atoms with Crippen LogP contribution in [0.3, 0.4) is 0 Å². The molecule has 2 aliphatic heterocycles. The van der Waals surface area contributed by atoms with E-state index in [-0.39, 0.29) is 19.4 Å². The van der Waals surface area contributed by atoms with Gasteiger partial charge in [-0.2, -0.15) is 0 Å². The molecule has 2 fully saturated rings. The first-order valence-corrected chi connectivity index (χ1v) is 26.6. The highest BCUT2D eigenvalue weighted by Gasteiger charge is 2.47. The van der Waals surface area contributed by atoms with E-state index < -0.39 is 99.3 Å². The predicted molar refractivity (Wildman–Crippen MR) is 269 cm³/mol. The molecule has 15 heteroatoms. The third-order valence-electron chi connectivity index (χ3n) is 12.2. The van der Waals surface area contributed by atoms with Crippen LogP contribution in [-0.4, -0.2) is 142 Å². The van der Waals surface area contributed by atoms with E-state index in [1.54, 1.807) is 0 Å². The molecular formula is C55H92O15. The van der Waals surface area contributed by atoms with Gasteiger partial charge in [0, 0.05) is 12.8 Å². The van der Waals surface area contributed by atoms with Gasteiger partial charge in [0.05, 0.1) is 19.8 Å². The van der Waals surface area contributed by atoms with Gasteiger partial charge in [0.1, 0.15) is 55.4 Å². The van der Waals surface area contributed by atoms with E-state index in [2.05, 4.69) is 80.3 Å². The topological polar surface area (TPSA) is 231 Å². The minimum atomic E-state index is -1.78. The molecule has 11 atom stereocenters. The van der Waals surface area contributed by atoms with Crippen LogP contribution in [0.25, 0.3) is 0 Å². The van der Waals surface area contributed by atoms with Crippen LogP contribution in [0, 0.1) is 0 Å². The van der Waals surface area contributed by atoms with Crippen LogP contribution in [0.2, 0.25) is 0 Å². The van der Waals surface area contributed by atoms with Crippen molar-refractivity contribution in [3.05, 3.63) is 66.5 Å². The average molecular weight is 993 g/mol. The van der Waals surface area contributed by atoms with E-state index >= 15 is 0 Å². The highest BCUT2D eigenvalue weighted by molar-refractivity contribution is 5.70. The Kier molecular flexibility index (Phi) is 37.4. The third kappa shape index (κ3) is 28.9. The Morgan fingerprint density at radius 3 is 1.53 bits per heavy atom. The minimum absolute atomic E-state index is 0.135. The van der Waals surface area contributed by atoms with Crippen LogP contribution in [0.5, 0.6) is 0 Å². The van der Waals surface area contributed by atoms with Crippen LogP contribution in [0.15, 0.2) is 66.5 Å². The molecule has 0 bridgehead atoms. The molecular weight excluding hydrogens is 901 g/mol. The van der Waals surface area contributed by atoms with Gasteiger partial charge in [0.2, 0.25) is 0 Å². The quantitative estimate of drug-likeness (QED) is 0.0134. The maximum Gasteiger partial charge on any atom is 0.306 e. The Balaban J connectivity index is 1.82. The lowest BCUT2D eigenvalue weighted by Crippen LogP contribution is -2.61. The smallest absolute Gasteiger partial charge is 0.306 e. The zero-order valence-corrected chi connectivity index (χ0v) is 42.5. The number of unbranched alkanes of at least 4 members (excludes halogenated alkanes) is 16. The monoisotopic (exact) mass is 993 g/mol. The summed E-state index contributed by atoms with van der Waals surface area (Å²) in [5.74, 6) is -0.986. The molecule has 0 saturated carbocycles. The van der Waals surface area contributed by atoms with Gasteiger partial charge in [-0.05, 0) is 95.6 Å². The summed E-state index contributed by atoms with van der Waals surface area (Å²) in [5.41, 5.74) is 3.28. The molecule has 2 saturated heterocycles. The Morgan fingerprint density at radius 2 is 0.943 bits per heavy atom. The van der Waals surface area contributed by atoms with Crippen molar-refractivity contribution >= 4 is 11.9 Å². The minimum Gasteiger partial charge on any atom is -0.462 e. The molecule has 0 aliphatic carbocycles. The highest BCUT2D eigenvalue weighted by Crippen LogP contribution is 2.26. The summed E-state index contributed by atoms with van der Waals surface area (Å²) in [6.45, 7) is 2.48. The highest BCUT2D eigenvalue weighted by atomic mass is 16.7. The number of aliphatic hydroxyl groups is 7. The van der Waals surface area contributed by atoms with E-state index in [4.69, 9.17) is 28.4 Å². The van der Waals surface area contributed by atoms with Gasteiger partial charge < -0.3 is 64.2 Å². The second kappa shape index (κ2) is 41.5. The number of hydrogen-bond acceptors (Lipinski definition) is 15. The number of carbonyl (C=O) groups excluding carboxylic acids is 2. The van der Waals surface area contributed by atoms with Crippen molar-refractivity contribution < 1.29 is 73.8 Å². The van der Waals surface area contributed by atoms with Gasteiger partial charge in [0.15, 0.2) is 18.7 Å². The molecule has 0 aromatic rings. The third-order valence-corrected chi connectivity index (χ3v) is 12.2. The molecule has 2 rings (SSSR count). The average Bonchev–Trinajstić information content (AvgIpc) is 3.35. The predicted octanol–water partition coefficient (Wildman–Crippen LogP) is 7.81. The zero-order valence-electron chi connectivity index (χ0n) is 42.5. The summed E-state index contributed by atoms with van der Waals surface area (Å²) in [6, 6.07) is 0.